The third kappa shape index (κ3) is 6.81. The van der Waals surface area contributed by atoms with Gasteiger partial charge in [0.25, 0.3) is 0 Å². The Morgan fingerprint density at radius 1 is 0.593 bits per heavy atom. The van der Waals surface area contributed by atoms with Gasteiger partial charge in [0.05, 0.1) is 7.82 Å². The van der Waals surface area contributed by atoms with E-state index in [1.54, 1.807) is 0 Å². The molecule has 0 saturated carbocycles. The summed E-state index contributed by atoms with van der Waals surface area (Å²) < 4.78 is 8.66. The second-order valence-corrected chi connectivity index (χ2v) is 6.46. The van der Waals surface area contributed by atoms with Gasteiger partial charge in [-0.05, 0) is 32.7 Å². The molecule has 7 heteroatoms. The first-order chi connectivity index (χ1) is 11.9. The minimum absolute atomic E-state index is 0. The van der Waals surface area contributed by atoms with E-state index in [0.29, 0.717) is 0 Å². The van der Waals surface area contributed by atoms with Gasteiger partial charge in [-0.15, -0.1) is 0 Å². The predicted octanol–water partition coefficient (Wildman–Crippen LogP) is -2.52. The van der Waals surface area contributed by atoms with Crippen LogP contribution in [-0.4, -0.2) is 4.89 Å². The predicted molar refractivity (Wildman–Crippen MR) is 96.7 cm³/mol. The maximum Gasteiger partial charge on any atom is 1.00 e. The van der Waals surface area contributed by atoms with Crippen molar-refractivity contribution in [3.63, 3.8) is 0 Å². The Labute approximate surface area is 202 Å². The van der Waals surface area contributed by atoms with Crippen molar-refractivity contribution in [2.75, 3.05) is 0 Å². The Hall–Kier alpha value is -0.490. The smallest absolute Gasteiger partial charge is 0.790 e. The number of phosphoric acid groups is 1. The van der Waals surface area contributed by atoms with E-state index < -0.39 is 7.82 Å². The van der Waals surface area contributed by atoms with Crippen LogP contribution < -0.4 is 68.9 Å². The molecule has 4 nitrogen and oxygen atoms in total. The van der Waals surface area contributed by atoms with Crippen LogP contribution in [0.1, 0.15) is 0 Å². The fourth-order valence-electron chi connectivity index (χ4n) is 2.92. The summed E-state index contributed by atoms with van der Waals surface area (Å²) in [7, 11) is -5.14. The topological polar surface area (TPSA) is 83.4 Å². The van der Waals surface area contributed by atoms with Gasteiger partial charge in [0.1, 0.15) is 0 Å². The summed E-state index contributed by atoms with van der Waals surface area (Å²) >= 11 is 0. The molecule has 0 radical (unpaired) electrons. The molecule has 0 bridgehead atoms. The van der Waals surface area contributed by atoms with E-state index in [-0.39, 0.29) is 59.1 Å². The van der Waals surface area contributed by atoms with E-state index in [2.05, 4.69) is 84.9 Å². The Morgan fingerprint density at radius 2 is 0.889 bits per heavy atom. The molecule has 0 atom stereocenters. The minimum atomic E-state index is -5.14. The molecule has 0 spiro atoms. The van der Waals surface area contributed by atoms with Gasteiger partial charge in [-0.2, -0.15) is 0 Å². The van der Waals surface area contributed by atoms with Crippen LogP contribution in [0.5, 0.6) is 0 Å². The molecule has 27 heavy (non-hydrogen) atoms. The zero-order chi connectivity index (χ0) is 17.9. The summed E-state index contributed by atoms with van der Waals surface area (Å²) in [5, 5.41) is 5.20. The number of benzene rings is 4. The van der Waals surface area contributed by atoms with Crippen molar-refractivity contribution in [2.45, 2.75) is 0 Å². The van der Waals surface area contributed by atoms with Crippen LogP contribution in [-0.2, 0) is 4.57 Å². The average molecular weight is 396 g/mol. The second kappa shape index (κ2) is 10.9. The summed E-state index contributed by atoms with van der Waals surface area (Å²) in [6, 6.07) is 30.2. The molecule has 4 aromatic carbocycles. The van der Waals surface area contributed by atoms with Crippen LogP contribution in [0.15, 0.2) is 84.9 Å². The number of rotatable bonds is 1. The van der Waals surface area contributed by atoms with Crippen molar-refractivity contribution in [3.8, 4) is 11.1 Å². The average Bonchev–Trinajstić information content (AvgIpc) is 2.59. The quantitative estimate of drug-likeness (QED) is 0.284. The normalized spacial score (nSPS) is 10.3. The first kappa shape index (κ1) is 24.5. The number of hydrogen-bond donors (Lipinski definition) is 1. The van der Waals surface area contributed by atoms with Gasteiger partial charge in [0.2, 0.25) is 0 Å². The Balaban J connectivity index is 0.000000468. The van der Waals surface area contributed by atoms with Crippen molar-refractivity contribution in [1.82, 2.24) is 0 Å². The molecule has 0 aliphatic rings. The van der Waals surface area contributed by atoms with Crippen molar-refractivity contribution in [1.29, 1.82) is 0 Å². The molecule has 0 aromatic heterocycles. The van der Waals surface area contributed by atoms with E-state index in [9.17, 15) is 0 Å². The molecule has 4 aromatic rings. The summed E-state index contributed by atoms with van der Waals surface area (Å²) in [5.41, 5.74) is 2.61. The first-order valence-electron chi connectivity index (χ1n) is 7.64. The van der Waals surface area contributed by atoms with E-state index in [1.165, 1.54) is 32.7 Å². The minimum Gasteiger partial charge on any atom is -0.790 e. The molecule has 126 valence electrons. The van der Waals surface area contributed by atoms with Crippen LogP contribution in [0, 0.1) is 0 Å². The first-order valence-corrected chi connectivity index (χ1v) is 9.14. The monoisotopic (exact) mass is 396 g/mol. The Bertz CT molecular complexity index is 983. The summed E-state index contributed by atoms with van der Waals surface area (Å²) in [6.45, 7) is 0. The zero-order valence-electron chi connectivity index (χ0n) is 15.2. The molecule has 4 rings (SSSR count). The van der Waals surface area contributed by atoms with E-state index >= 15 is 0 Å². The van der Waals surface area contributed by atoms with Crippen molar-refractivity contribution >= 4 is 29.4 Å². The third-order valence-corrected chi connectivity index (χ3v) is 3.87. The van der Waals surface area contributed by atoms with Gasteiger partial charge >= 0.3 is 59.1 Å². The molecular weight excluding hydrogens is 381 g/mol. The van der Waals surface area contributed by atoms with Crippen LogP contribution in [0.25, 0.3) is 32.7 Å². The Morgan fingerprint density at radius 3 is 1.26 bits per heavy atom. The standard InChI is InChI=1S/C20H14.2Na.H3O4P/c1-3-11-17-15(7-1)9-5-13-19(17)20-14-6-10-16-8-2-4-12-18(16)20;;;1-5(2,3)4/h1-14H;;;(H3,1,2,3,4)/q;2*+1;/p-2. The Kier molecular flexibility index (Phi) is 9.90. The maximum absolute atomic E-state index is 8.66. The van der Waals surface area contributed by atoms with Crippen LogP contribution in [0.4, 0.5) is 0 Å². The van der Waals surface area contributed by atoms with Crippen LogP contribution >= 0.6 is 7.82 Å². The zero-order valence-corrected chi connectivity index (χ0v) is 20.1. The molecule has 0 fully saturated rings. The number of hydrogen-bond acceptors (Lipinski definition) is 3. The fourth-order valence-corrected chi connectivity index (χ4v) is 2.92. The van der Waals surface area contributed by atoms with Crippen molar-refractivity contribution < 1.29 is 78.4 Å². The van der Waals surface area contributed by atoms with Crippen LogP contribution in [0.2, 0.25) is 0 Å². The van der Waals surface area contributed by atoms with Gasteiger partial charge < -0.3 is 19.2 Å². The molecule has 1 N–H and O–H groups in total. The van der Waals surface area contributed by atoms with Gasteiger partial charge in [0, 0.05) is 0 Å². The van der Waals surface area contributed by atoms with Gasteiger partial charge in [-0.1, -0.05) is 84.9 Å². The summed E-state index contributed by atoms with van der Waals surface area (Å²) in [5.74, 6) is 0. The molecule has 0 aliphatic heterocycles. The maximum atomic E-state index is 8.66. The third-order valence-electron chi connectivity index (χ3n) is 3.87. The molecule has 0 heterocycles. The number of fused-ring (bicyclic) bond motifs is 2. The van der Waals surface area contributed by atoms with E-state index in [1.807, 2.05) is 0 Å². The van der Waals surface area contributed by atoms with E-state index in [0.717, 1.165) is 0 Å². The summed E-state index contributed by atoms with van der Waals surface area (Å²) in [6.07, 6.45) is 0. The SMILES string of the molecule is O=P([O-])([O-])O.[Na+].[Na+].c1ccc2c(-c3cccc4ccccc34)cccc2c1. The molecule has 0 saturated heterocycles. The molecule has 0 aliphatic carbocycles. The van der Waals surface area contributed by atoms with Crippen molar-refractivity contribution in [2.24, 2.45) is 0 Å². The van der Waals surface area contributed by atoms with Gasteiger partial charge in [-0.3, -0.25) is 0 Å². The fraction of sp³-hybridized carbons (Fsp3) is 0. The molecule has 0 unspecified atom stereocenters. The van der Waals surface area contributed by atoms with Gasteiger partial charge in [-0.25, -0.2) is 0 Å². The van der Waals surface area contributed by atoms with Gasteiger partial charge in [0.15, 0.2) is 0 Å². The molecule has 0 amide bonds. The largest absolute Gasteiger partial charge is 1.00 e. The van der Waals surface area contributed by atoms with E-state index in [4.69, 9.17) is 19.2 Å². The van der Waals surface area contributed by atoms with Crippen molar-refractivity contribution in [3.05, 3.63) is 84.9 Å². The van der Waals surface area contributed by atoms with Crippen LogP contribution in [0.3, 0.4) is 0 Å². The second-order valence-electron chi connectivity index (χ2n) is 5.52. The summed E-state index contributed by atoms with van der Waals surface area (Å²) in [4.78, 5) is 24.3. The molecular formula is C20H15Na2O4P.